The van der Waals surface area contributed by atoms with Crippen LogP contribution in [0.3, 0.4) is 0 Å². The van der Waals surface area contributed by atoms with Gasteiger partial charge in [-0.2, -0.15) is 0 Å². The average Bonchev–Trinajstić information content (AvgIpc) is 2.63. The van der Waals surface area contributed by atoms with Crippen molar-refractivity contribution in [2.75, 3.05) is 13.6 Å². The molecule has 0 fully saturated rings. The van der Waals surface area contributed by atoms with E-state index in [0.29, 0.717) is 18.8 Å². The van der Waals surface area contributed by atoms with Gasteiger partial charge in [-0.15, -0.1) is 11.3 Å². The Morgan fingerprint density at radius 1 is 1.73 bits per heavy atom. The van der Waals surface area contributed by atoms with Crippen LogP contribution in [0, 0.1) is 0 Å². The van der Waals surface area contributed by atoms with Gasteiger partial charge in [0.2, 0.25) is 0 Å². The molecule has 1 amide bonds. The van der Waals surface area contributed by atoms with Crippen molar-refractivity contribution in [3.63, 3.8) is 0 Å². The molecule has 15 heavy (non-hydrogen) atoms. The third-order valence-electron chi connectivity index (χ3n) is 1.80. The lowest BCUT2D eigenvalue weighted by Gasteiger charge is -2.15. The largest absolute Gasteiger partial charge is 0.336 e. The Labute approximate surface area is 93.4 Å². The second-order valence-electron chi connectivity index (χ2n) is 3.45. The van der Waals surface area contributed by atoms with Crippen LogP contribution in [-0.4, -0.2) is 29.4 Å². The highest BCUT2D eigenvalue weighted by molar-refractivity contribution is 7.09. The first-order chi connectivity index (χ1) is 7.04. The smallest absolute Gasteiger partial charge is 0.273 e. The van der Waals surface area contributed by atoms with E-state index in [0.717, 1.165) is 10.6 Å². The summed E-state index contributed by atoms with van der Waals surface area (Å²) < 4.78 is 0. The summed E-state index contributed by atoms with van der Waals surface area (Å²) in [6.45, 7) is 6.57. The number of amides is 1. The number of thiazole rings is 1. The summed E-state index contributed by atoms with van der Waals surface area (Å²) in [6.07, 6.45) is 0. The first-order valence-corrected chi connectivity index (χ1v) is 5.47. The van der Waals surface area contributed by atoms with E-state index >= 15 is 0 Å². The summed E-state index contributed by atoms with van der Waals surface area (Å²) in [4.78, 5) is 17.5. The summed E-state index contributed by atoms with van der Waals surface area (Å²) in [6, 6.07) is 0. The zero-order valence-corrected chi connectivity index (χ0v) is 9.80. The highest BCUT2D eigenvalue weighted by Gasteiger charge is 2.14. The third kappa shape index (κ3) is 3.14. The van der Waals surface area contributed by atoms with Crippen LogP contribution in [0.25, 0.3) is 0 Å². The number of aromatic nitrogens is 1. The molecule has 0 saturated carbocycles. The lowest BCUT2D eigenvalue weighted by atomic mass is 10.3. The molecule has 5 heteroatoms. The maximum absolute atomic E-state index is 11.8. The number of likely N-dealkylation sites (N-methyl/N-ethyl adjacent to an activating group) is 1. The van der Waals surface area contributed by atoms with Gasteiger partial charge in [-0.05, 0) is 6.92 Å². The summed E-state index contributed by atoms with van der Waals surface area (Å²) in [5.74, 6) is -0.0889. The summed E-state index contributed by atoms with van der Waals surface area (Å²) in [7, 11) is 1.73. The highest BCUT2D eigenvalue weighted by Crippen LogP contribution is 2.11. The lowest BCUT2D eigenvalue weighted by Crippen LogP contribution is -2.28. The molecule has 0 aromatic carbocycles. The molecule has 1 rings (SSSR count). The van der Waals surface area contributed by atoms with Crippen molar-refractivity contribution in [2.24, 2.45) is 5.73 Å². The predicted molar refractivity (Wildman–Crippen MR) is 61.8 cm³/mol. The van der Waals surface area contributed by atoms with Crippen molar-refractivity contribution in [1.29, 1.82) is 0 Å². The first kappa shape index (κ1) is 11.9. The van der Waals surface area contributed by atoms with Gasteiger partial charge in [0.1, 0.15) is 10.7 Å². The fourth-order valence-corrected chi connectivity index (χ4v) is 1.82. The second kappa shape index (κ2) is 5.04. The monoisotopic (exact) mass is 225 g/mol. The van der Waals surface area contributed by atoms with E-state index in [2.05, 4.69) is 11.6 Å². The van der Waals surface area contributed by atoms with E-state index in [1.54, 1.807) is 17.3 Å². The standard InChI is InChI=1S/C10H15N3OS/c1-7(2)5-13(3)10(14)8-6-15-9(4-11)12-8/h6H,1,4-5,11H2,2-3H3. The van der Waals surface area contributed by atoms with Crippen molar-refractivity contribution >= 4 is 17.2 Å². The van der Waals surface area contributed by atoms with E-state index in [-0.39, 0.29) is 5.91 Å². The van der Waals surface area contributed by atoms with Gasteiger partial charge in [0, 0.05) is 25.5 Å². The van der Waals surface area contributed by atoms with Crippen LogP contribution >= 0.6 is 11.3 Å². The Bertz CT molecular complexity index is 372. The van der Waals surface area contributed by atoms with E-state index in [9.17, 15) is 4.79 Å². The number of hydrogen-bond acceptors (Lipinski definition) is 4. The second-order valence-corrected chi connectivity index (χ2v) is 4.39. The van der Waals surface area contributed by atoms with Crippen LogP contribution in [0.15, 0.2) is 17.5 Å². The molecule has 0 unspecified atom stereocenters. The van der Waals surface area contributed by atoms with Crippen LogP contribution in [-0.2, 0) is 6.54 Å². The Kier molecular flexibility index (Phi) is 3.99. The van der Waals surface area contributed by atoms with E-state index in [1.807, 2.05) is 6.92 Å². The van der Waals surface area contributed by atoms with Gasteiger partial charge in [0.05, 0.1) is 0 Å². The average molecular weight is 225 g/mol. The Morgan fingerprint density at radius 2 is 2.40 bits per heavy atom. The first-order valence-electron chi connectivity index (χ1n) is 4.59. The molecule has 2 N–H and O–H groups in total. The molecule has 0 aliphatic heterocycles. The fourth-order valence-electron chi connectivity index (χ4n) is 1.18. The number of carbonyl (C=O) groups is 1. The molecular formula is C10H15N3OS. The minimum atomic E-state index is -0.0889. The van der Waals surface area contributed by atoms with Gasteiger partial charge >= 0.3 is 0 Å². The van der Waals surface area contributed by atoms with Gasteiger partial charge < -0.3 is 10.6 Å². The van der Waals surface area contributed by atoms with Crippen molar-refractivity contribution in [2.45, 2.75) is 13.5 Å². The van der Waals surface area contributed by atoms with Crippen molar-refractivity contribution in [3.8, 4) is 0 Å². The lowest BCUT2D eigenvalue weighted by molar-refractivity contribution is 0.0802. The molecule has 1 aromatic rings. The van der Waals surface area contributed by atoms with Crippen LogP contribution in [0.5, 0.6) is 0 Å². The number of carbonyl (C=O) groups excluding carboxylic acids is 1. The third-order valence-corrected chi connectivity index (χ3v) is 2.67. The van der Waals surface area contributed by atoms with Gasteiger partial charge in [-0.3, -0.25) is 4.79 Å². The molecule has 0 spiro atoms. The molecule has 1 aromatic heterocycles. The Balaban J connectivity index is 2.71. The van der Waals surface area contributed by atoms with Crippen LogP contribution < -0.4 is 5.73 Å². The van der Waals surface area contributed by atoms with E-state index < -0.39 is 0 Å². The van der Waals surface area contributed by atoms with Gasteiger partial charge in [-0.25, -0.2) is 4.98 Å². The Hall–Kier alpha value is -1.20. The Morgan fingerprint density at radius 3 is 2.87 bits per heavy atom. The number of hydrogen-bond donors (Lipinski definition) is 1. The minimum absolute atomic E-state index is 0.0889. The van der Waals surface area contributed by atoms with Crippen LogP contribution in [0.4, 0.5) is 0 Å². The van der Waals surface area contributed by atoms with Gasteiger partial charge in [-0.1, -0.05) is 12.2 Å². The molecule has 0 radical (unpaired) electrons. The number of nitrogens with two attached hydrogens (primary N) is 1. The van der Waals surface area contributed by atoms with E-state index in [1.165, 1.54) is 11.3 Å². The SMILES string of the molecule is C=C(C)CN(C)C(=O)c1csc(CN)n1. The molecule has 82 valence electrons. The highest BCUT2D eigenvalue weighted by atomic mass is 32.1. The molecule has 0 atom stereocenters. The van der Waals surface area contributed by atoms with Gasteiger partial charge in [0.15, 0.2) is 0 Å². The molecule has 0 aliphatic rings. The maximum Gasteiger partial charge on any atom is 0.273 e. The van der Waals surface area contributed by atoms with Crippen molar-refractivity contribution < 1.29 is 4.79 Å². The summed E-state index contributed by atoms with van der Waals surface area (Å²) >= 11 is 1.41. The minimum Gasteiger partial charge on any atom is -0.336 e. The zero-order chi connectivity index (χ0) is 11.4. The van der Waals surface area contributed by atoms with Crippen molar-refractivity contribution in [3.05, 3.63) is 28.2 Å². The molecule has 0 saturated heterocycles. The normalized spacial score (nSPS) is 10.1. The molecule has 0 aliphatic carbocycles. The molecular weight excluding hydrogens is 210 g/mol. The molecule has 0 bridgehead atoms. The maximum atomic E-state index is 11.8. The topological polar surface area (TPSA) is 59.2 Å². The molecule has 4 nitrogen and oxygen atoms in total. The van der Waals surface area contributed by atoms with Crippen LogP contribution in [0.2, 0.25) is 0 Å². The van der Waals surface area contributed by atoms with Crippen molar-refractivity contribution in [1.82, 2.24) is 9.88 Å². The quantitative estimate of drug-likeness (QED) is 0.784. The predicted octanol–water partition coefficient (Wildman–Crippen LogP) is 1.25. The zero-order valence-electron chi connectivity index (χ0n) is 8.99. The number of rotatable bonds is 4. The van der Waals surface area contributed by atoms with Crippen LogP contribution in [0.1, 0.15) is 22.4 Å². The number of nitrogens with zero attached hydrogens (tertiary/aromatic N) is 2. The fraction of sp³-hybridized carbons (Fsp3) is 0.400. The molecule has 1 heterocycles. The van der Waals surface area contributed by atoms with Gasteiger partial charge in [0.25, 0.3) is 5.91 Å². The summed E-state index contributed by atoms with van der Waals surface area (Å²) in [5.41, 5.74) is 6.84. The van der Waals surface area contributed by atoms with E-state index in [4.69, 9.17) is 5.73 Å². The summed E-state index contributed by atoms with van der Waals surface area (Å²) in [5, 5.41) is 2.52.